The van der Waals surface area contributed by atoms with E-state index in [0.29, 0.717) is 39.9 Å². The van der Waals surface area contributed by atoms with Gasteiger partial charge in [0.2, 0.25) is 5.91 Å². The molecule has 0 fully saturated rings. The van der Waals surface area contributed by atoms with E-state index >= 15 is 0 Å². The summed E-state index contributed by atoms with van der Waals surface area (Å²) in [6, 6.07) is 18.6. The Hall–Kier alpha value is -4.20. The molecule has 0 bridgehead atoms. The van der Waals surface area contributed by atoms with Crippen LogP contribution in [0.25, 0.3) is 0 Å². The summed E-state index contributed by atoms with van der Waals surface area (Å²) in [6.07, 6.45) is 0. The summed E-state index contributed by atoms with van der Waals surface area (Å²) in [6.45, 7) is 1.74. The standard InChI is InChI=1S/C25H27N3O5/c1-16(26-21-14-13-19(31-2)15-23(21)33-4)24(29)27-18-11-9-17(10-12-18)25(30)28-20-7-5-6-8-22(20)32-3/h5-16,26H,1-4H3,(H,27,29)(H,28,30). The van der Waals surface area contributed by atoms with Gasteiger partial charge < -0.3 is 30.2 Å². The van der Waals surface area contributed by atoms with Crippen LogP contribution >= 0.6 is 0 Å². The van der Waals surface area contributed by atoms with Crippen LogP contribution in [0.1, 0.15) is 17.3 Å². The Bertz CT molecular complexity index is 1120. The largest absolute Gasteiger partial charge is 0.497 e. The molecule has 0 aliphatic heterocycles. The monoisotopic (exact) mass is 449 g/mol. The Kier molecular flexibility index (Phi) is 7.75. The fourth-order valence-corrected chi connectivity index (χ4v) is 3.11. The number of carbonyl (C=O) groups excluding carboxylic acids is 2. The predicted molar refractivity (Wildman–Crippen MR) is 129 cm³/mol. The van der Waals surface area contributed by atoms with E-state index in [2.05, 4.69) is 16.0 Å². The third-order valence-corrected chi connectivity index (χ3v) is 4.94. The third kappa shape index (κ3) is 5.94. The van der Waals surface area contributed by atoms with Crippen LogP contribution in [-0.4, -0.2) is 39.2 Å². The Morgan fingerprint density at radius 1 is 0.758 bits per heavy atom. The van der Waals surface area contributed by atoms with E-state index in [4.69, 9.17) is 14.2 Å². The molecular weight excluding hydrogens is 422 g/mol. The zero-order valence-corrected chi connectivity index (χ0v) is 19.0. The molecule has 1 atom stereocenters. The van der Waals surface area contributed by atoms with E-state index in [-0.39, 0.29) is 11.8 Å². The van der Waals surface area contributed by atoms with Gasteiger partial charge in [0.15, 0.2) is 0 Å². The van der Waals surface area contributed by atoms with Crippen molar-refractivity contribution in [3.05, 3.63) is 72.3 Å². The van der Waals surface area contributed by atoms with E-state index in [1.54, 1.807) is 82.9 Å². The topological polar surface area (TPSA) is 97.9 Å². The summed E-state index contributed by atoms with van der Waals surface area (Å²) in [5, 5.41) is 8.79. The lowest BCUT2D eigenvalue weighted by molar-refractivity contribution is -0.116. The highest BCUT2D eigenvalue weighted by atomic mass is 16.5. The van der Waals surface area contributed by atoms with Crippen molar-refractivity contribution in [3.63, 3.8) is 0 Å². The van der Waals surface area contributed by atoms with Gasteiger partial charge in [-0.1, -0.05) is 12.1 Å². The number of benzene rings is 3. The average molecular weight is 450 g/mol. The summed E-state index contributed by atoms with van der Waals surface area (Å²) < 4.78 is 15.8. The number of para-hydroxylation sites is 2. The van der Waals surface area contributed by atoms with E-state index in [1.165, 1.54) is 0 Å². The third-order valence-electron chi connectivity index (χ3n) is 4.94. The molecule has 2 amide bonds. The zero-order valence-electron chi connectivity index (χ0n) is 19.0. The number of nitrogens with one attached hydrogen (secondary N) is 3. The molecule has 0 heterocycles. The number of methoxy groups -OCH3 is 3. The van der Waals surface area contributed by atoms with E-state index in [1.807, 2.05) is 12.1 Å². The Morgan fingerprint density at radius 2 is 1.45 bits per heavy atom. The lowest BCUT2D eigenvalue weighted by Crippen LogP contribution is -2.32. The molecule has 0 aliphatic carbocycles. The van der Waals surface area contributed by atoms with Crippen LogP contribution < -0.4 is 30.2 Å². The van der Waals surface area contributed by atoms with Crippen molar-refractivity contribution in [1.29, 1.82) is 0 Å². The second kappa shape index (κ2) is 10.9. The number of amides is 2. The van der Waals surface area contributed by atoms with Gasteiger partial charge in [-0.25, -0.2) is 0 Å². The van der Waals surface area contributed by atoms with Crippen molar-refractivity contribution in [2.24, 2.45) is 0 Å². The molecule has 3 rings (SSSR count). The molecule has 0 aromatic heterocycles. The Labute approximate surface area is 192 Å². The number of hydrogen-bond acceptors (Lipinski definition) is 6. The Morgan fingerprint density at radius 3 is 2.12 bits per heavy atom. The van der Waals surface area contributed by atoms with E-state index in [9.17, 15) is 9.59 Å². The number of hydrogen-bond donors (Lipinski definition) is 3. The number of ether oxygens (including phenoxy) is 3. The van der Waals surface area contributed by atoms with Crippen molar-refractivity contribution in [1.82, 2.24) is 0 Å². The average Bonchev–Trinajstić information content (AvgIpc) is 2.84. The van der Waals surface area contributed by atoms with Crippen molar-refractivity contribution < 1.29 is 23.8 Å². The van der Waals surface area contributed by atoms with Crippen molar-refractivity contribution in [3.8, 4) is 17.2 Å². The van der Waals surface area contributed by atoms with Gasteiger partial charge in [-0.2, -0.15) is 0 Å². The Balaban J connectivity index is 1.61. The van der Waals surface area contributed by atoms with Gasteiger partial charge >= 0.3 is 0 Å². The van der Waals surface area contributed by atoms with Crippen molar-refractivity contribution in [2.75, 3.05) is 37.3 Å². The highest BCUT2D eigenvalue weighted by Crippen LogP contribution is 2.29. The maximum absolute atomic E-state index is 12.6. The summed E-state index contributed by atoms with van der Waals surface area (Å²) in [5.74, 6) is 1.28. The molecule has 8 heteroatoms. The summed E-state index contributed by atoms with van der Waals surface area (Å²) in [7, 11) is 4.67. The van der Waals surface area contributed by atoms with Crippen LogP contribution in [0.5, 0.6) is 17.2 Å². The number of rotatable bonds is 9. The molecular formula is C25H27N3O5. The van der Waals surface area contributed by atoms with E-state index < -0.39 is 6.04 Å². The maximum atomic E-state index is 12.6. The van der Waals surface area contributed by atoms with Crippen LogP contribution in [0.3, 0.4) is 0 Å². The first kappa shape index (κ1) is 23.5. The van der Waals surface area contributed by atoms with Crippen LogP contribution in [-0.2, 0) is 4.79 Å². The zero-order chi connectivity index (χ0) is 23.8. The first-order chi connectivity index (χ1) is 15.9. The molecule has 3 aromatic carbocycles. The minimum absolute atomic E-state index is 0.237. The fourth-order valence-electron chi connectivity index (χ4n) is 3.11. The molecule has 0 saturated heterocycles. The second-order valence-electron chi connectivity index (χ2n) is 7.15. The lowest BCUT2D eigenvalue weighted by atomic mass is 10.1. The molecule has 3 aromatic rings. The SMILES string of the molecule is COc1ccc(NC(C)C(=O)Nc2ccc(C(=O)Nc3ccccc3OC)cc2)c(OC)c1. The highest BCUT2D eigenvalue weighted by Gasteiger charge is 2.16. The number of anilines is 3. The quantitative estimate of drug-likeness (QED) is 0.448. The van der Waals surface area contributed by atoms with Crippen molar-refractivity contribution in [2.45, 2.75) is 13.0 Å². The molecule has 3 N–H and O–H groups in total. The molecule has 33 heavy (non-hydrogen) atoms. The predicted octanol–water partition coefficient (Wildman–Crippen LogP) is 4.40. The van der Waals surface area contributed by atoms with Crippen LogP contribution in [0.15, 0.2) is 66.7 Å². The summed E-state index contributed by atoms with van der Waals surface area (Å²) in [4.78, 5) is 25.2. The minimum atomic E-state index is -0.541. The van der Waals surface area contributed by atoms with Gasteiger partial charge in [0.05, 0.1) is 32.7 Å². The first-order valence-electron chi connectivity index (χ1n) is 10.3. The molecule has 1 unspecified atom stereocenters. The van der Waals surface area contributed by atoms with Gasteiger partial charge in [-0.3, -0.25) is 9.59 Å². The number of carbonyl (C=O) groups is 2. The van der Waals surface area contributed by atoms with Gasteiger partial charge in [-0.05, 0) is 55.5 Å². The van der Waals surface area contributed by atoms with Gasteiger partial charge in [0.1, 0.15) is 23.3 Å². The lowest BCUT2D eigenvalue weighted by Gasteiger charge is -2.18. The van der Waals surface area contributed by atoms with E-state index in [0.717, 1.165) is 0 Å². The molecule has 0 radical (unpaired) electrons. The summed E-state index contributed by atoms with van der Waals surface area (Å²) >= 11 is 0. The molecule has 0 saturated carbocycles. The van der Waals surface area contributed by atoms with Crippen LogP contribution in [0.4, 0.5) is 17.1 Å². The van der Waals surface area contributed by atoms with Gasteiger partial charge in [0.25, 0.3) is 5.91 Å². The molecule has 8 nitrogen and oxygen atoms in total. The summed E-state index contributed by atoms with van der Waals surface area (Å²) in [5.41, 5.74) is 2.28. The second-order valence-corrected chi connectivity index (χ2v) is 7.15. The maximum Gasteiger partial charge on any atom is 0.255 e. The smallest absolute Gasteiger partial charge is 0.255 e. The minimum Gasteiger partial charge on any atom is -0.497 e. The molecule has 0 spiro atoms. The van der Waals surface area contributed by atoms with Gasteiger partial charge in [-0.15, -0.1) is 0 Å². The van der Waals surface area contributed by atoms with Crippen LogP contribution in [0.2, 0.25) is 0 Å². The van der Waals surface area contributed by atoms with Gasteiger partial charge in [0, 0.05) is 17.3 Å². The fraction of sp³-hybridized carbons (Fsp3) is 0.200. The highest BCUT2D eigenvalue weighted by molar-refractivity contribution is 6.05. The normalized spacial score (nSPS) is 11.2. The van der Waals surface area contributed by atoms with Crippen LogP contribution in [0, 0.1) is 0 Å². The molecule has 0 aliphatic rings. The van der Waals surface area contributed by atoms with Crippen molar-refractivity contribution >= 4 is 28.9 Å². The molecule has 172 valence electrons. The first-order valence-corrected chi connectivity index (χ1v) is 10.3.